The molecule has 6 heteroatoms. The number of ether oxygens (including phenoxy) is 1. The van der Waals surface area contributed by atoms with Crippen LogP contribution in [0.4, 0.5) is 0 Å². The van der Waals surface area contributed by atoms with Gasteiger partial charge in [-0.3, -0.25) is 4.79 Å². The Labute approximate surface area is 150 Å². The Morgan fingerprint density at radius 3 is 3.00 bits per heavy atom. The van der Waals surface area contributed by atoms with Crippen molar-refractivity contribution < 1.29 is 9.53 Å². The molecule has 1 amide bonds. The topological polar surface area (TPSA) is 54.5 Å². The Balaban J connectivity index is 1.63. The second-order valence-corrected chi connectivity index (χ2v) is 6.82. The molecule has 1 atom stereocenters. The molecule has 1 N–H and O–H groups in total. The van der Waals surface area contributed by atoms with Crippen molar-refractivity contribution in [3.8, 4) is 11.6 Å². The number of carbonyl (C=O) groups is 1. The summed E-state index contributed by atoms with van der Waals surface area (Å²) in [4.78, 5) is 18.7. The van der Waals surface area contributed by atoms with Gasteiger partial charge >= 0.3 is 0 Å². The number of amides is 1. The normalized spacial score (nSPS) is 17.1. The Morgan fingerprint density at radius 2 is 2.29 bits per heavy atom. The van der Waals surface area contributed by atoms with Crippen molar-refractivity contribution in [3.63, 3.8) is 0 Å². The van der Waals surface area contributed by atoms with E-state index >= 15 is 0 Å². The van der Waals surface area contributed by atoms with Crippen molar-refractivity contribution in [2.75, 3.05) is 26.7 Å². The average molecular weight is 390 g/mol. The van der Waals surface area contributed by atoms with E-state index in [1.807, 2.05) is 36.2 Å². The third kappa shape index (κ3) is 4.13. The summed E-state index contributed by atoms with van der Waals surface area (Å²) in [7, 11) is 1.94. The summed E-state index contributed by atoms with van der Waals surface area (Å²) < 4.78 is 6.64. The molecular weight excluding hydrogens is 370 g/mol. The van der Waals surface area contributed by atoms with Crippen molar-refractivity contribution >= 4 is 21.8 Å². The molecule has 0 saturated carbocycles. The van der Waals surface area contributed by atoms with E-state index in [2.05, 4.69) is 26.2 Å². The van der Waals surface area contributed by atoms with Crippen molar-refractivity contribution in [1.29, 1.82) is 0 Å². The van der Waals surface area contributed by atoms with Crippen molar-refractivity contribution in [1.82, 2.24) is 15.2 Å². The van der Waals surface area contributed by atoms with Gasteiger partial charge in [0.2, 0.25) is 5.88 Å². The molecule has 0 bridgehead atoms. The molecule has 0 radical (unpaired) electrons. The molecule has 1 aliphatic heterocycles. The Morgan fingerprint density at radius 1 is 1.42 bits per heavy atom. The maximum absolute atomic E-state index is 12.5. The van der Waals surface area contributed by atoms with Gasteiger partial charge in [0.15, 0.2) is 0 Å². The first kappa shape index (κ1) is 16.9. The van der Waals surface area contributed by atoms with E-state index in [1.165, 1.54) is 0 Å². The van der Waals surface area contributed by atoms with E-state index in [9.17, 15) is 4.79 Å². The zero-order chi connectivity index (χ0) is 16.9. The molecule has 1 unspecified atom stereocenters. The molecule has 126 valence electrons. The Kier molecular flexibility index (Phi) is 5.48. The van der Waals surface area contributed by atoms with Gasteiger partial charge in [0, 0.05) is 29.8 Å². The molecule has 5 nitrogen and oxygen atoms in total. The summed E-state index contributed by atoms with van der Waals surface area (Å²) in [5, 5.41) is 3.17. The smallest absolute Gasteiger partial charge is 0.255 e. The number of aromatic nitrogens is 1. The summed E-state index contributed by atoms with van der Waals surface area (Å²) in [6.07, 6.45) is 2.63. The largest absolute Gasteiger partial charge is 0.439 e. The predicted octanol–water partition coefficient (Wildman–Crippen LogP) is 3.32. The van der Waals surface area contributed by atoms with Crippen LogP contribution in [0.1, 0.15) is 16.8 Å². The minimum Gasteiger partial charge on any atom is -0.439 e. The third-order valence-corrected chi connectivity index (χ3v) is 4.56. The van der Waals surface area contributed by atoms with Crippen molar-refractivity contribution in [2.45, 2.75) is 6.42 Å². The molecule has 1 aromatic carbocycles. The van der Waals surface area contributed by atoms with E-state index in [0.717, 1.165) is 30.5 Å². The Bertz CT molecular complexity index is 706. The summed E-state index contributed by atoms with van der Waals surface area (Å²) >= 11 is 3.40. The van der Waals surface area contributed by atoms with Crippen LogP contribution in [-0.4, -0.2) is 42.5 Å². The first-order valence-electron chi connectivity index (χ1n) is 7.99. The van der Waals surface area contributed by atoms with Crippen LogP contribution in [0.5, 0.6) is 11.6 Å². The molecule has 1 aromatic heterocycles. The summed E-state index contributed by atoms with van der Waals surface area (Å²) in [5.41, 5.74) is 0.599. The number of likely N-dealkylation sites (tertiary alicyclic amines) is 1. The monoisotopic (exact) mass is 389 g/mol. The molecule has 0 spiro atoms. The number of hydrogen-bond acceptors (Lipinski definition) is 4. The second kappa shape index (κ2) is 7.77. The molecule has 1 aliphatic rings. The highest BCUT2D eigenvalue weighted by atomic mass is 79.9. The van der Waals surface area contributed by atoms with E-state index in [4.69, 9.17) is 4.74 Å². The highest BCUT2D eigenvalue weighted by Gasteiger charge is 2.26. The zero-order valence-electron chi connectivity index (χ0n) is 13.5. The van der Waals surface area contributed by atoms with Gasteiger partial charge in [-0.2, -0.15) is 0 Å². The molecule has 1 fully saturated rings. The van der Waals surface area contributed by atoms with E-state index < -0.39 is 0 Å². The lowest BCUT2D eigenvalue weighted by molar-refractivity contribution is 0.0786. The van der Waals surface area contributed by atoms with Gasteiger partial charge in [-0.05, 0) is 50.2 Å². The summed E-state index contributed by atoms with van der Waals surface area (Å²) in [6.45, 7) is 2.55. The fourth-order valence-corrected chi connectivity index (χ4v) is 3.25. The predicted molar refractivity (Wildman–Crippen MR) is 96.4 cm³/mol. The lowest BCUT2D eigenvalue weighted by Crippen LogP contribution is -2.30. The van der Waals surface area contributed by atoms with Gasteiger partial charge in [-0.15, -0.1) is 0 Å². The highest BCUT2D eigenvalue weighted by molar-refractivity contribution is 9.10. The lowest BCUT2D eigenvalue weighted by Gasteiger charge is -2.16. The van der Waals surface area contributed by atoms with Gasteiger partial charge in [0.25, 0.3) is 5.91 Å². The van der Waals surface area contributed by atoms with E-state index in [-0.39, 0.29) is 5.91 Å². The number of hydrogen-bond donors (Lipinski definition) is 1. The molecule has 0 aliphatic carbocycles. The van der Waals surface area contributed by atoms with Crippen LogP contribution in [0.25, 0.3) is 0 Å². The van der Waals surface area contributed by atoms with E-state index in [0.29, 0.717) is 23.1 Å². The molecule has 3 rings (SSSR count). The van der Waals surface area contributed by atoms with Crippen molar-refractivity contribution in [3.05, 3.63) is 52.6 Å². The molecule has 2 aromatic rings. The molecule has 1 saturated heterocycles. The standard InChI is InChI=1S/C18H20BrN3O2/c1-20-10-13-7-8-22(12-13)18(23)14-5-6-17(21-11-14)24-16-4-2-3-15(19)9-16/h2-6,9,11,13,20H,7-8,10,12H2,1H3. The van der Waals surface area contributed by atoms with Crippen LogP contribution in [-0.2, 0) is 0 Å². The van der Waals surface area contributed by atoms with E-state index in [1.54, 1.807) is 18.3 Å². The van der Waals surface area contributed by atoms with Gasteiger partial charge in [-0.25, -0.2) is 4.98 Å². The number of carbonyl (C=O) groups excluding carboxylic acids is 1. The number of nitrogens with zero attached hydrogens (tertiary/aromatic N) is 2. The number of halogens is 1. The SMILES string of the molecule is CNCC1CCN(C(=O)c2ccc(Oc3cccc(Br)c3)nc2)C1. The van der Waals surface area contributed by atoms with Gasteiger partial charge in [-0.1, -0.05) is 22.0 Å². The average Bonchev–Trinajstić information content (AvgIpc) is 3.04. The molecule has 2 heterocycles. The minimum absolute atomic E-state index is 0.0371. The molecular formula is C18H20BrN3O2. The number of nitrogens with one attached hydrogen (secondary N) is 1. The summed E-state index contributed by atoms with van der Waals surface area (Å²) in [6, 6.07) is 11.1. The van der Waals surface area contributed by atoms with Crippen LogP contribution < -0.4 is 10.1 Å². The van der Waals surface area contributed by atoms with Crippen LogP contribution in [0.15, 0.2) is 47.1 Å². The van der Waals surface area contributed by atoms with Gasteiger partial charge in [0.1, 0.15) is 5.75 Å². The highest BCUT2D eigenvalue weighted by Crippen LogP contribution is 2.24. The molecule has 24 heavy (non-hydrogen) atoms. The minimum atomic E-state index is 0.0371. The van der Waals surface area contributed by atoms with Crippen LogP contribution in [0.3, 0.4) is 0 Å². The fraction of sp³-hybridized carbons (Fsp3) is 0.333. The quantitative estimate of drug-likeness (QED) is 0.851. The van der Waals surface area contributed by atoms with Crippen LogP contribution >= 0.6 is 15.9 Å². The van der Waals surface area contributed by atoms with Crippen LogP contribution in [0.2, 0.25) is 0 Å². The third-order valence-electron chi connectivity index (χ3n) is 4.07. The summed E-state index contributed by atoms with van der Waals surface area (Å²) in [5.74, 6) is 1.74. The Hall–Kier alpha value is -1.92. The second-order valence-electron chi connectivity index (χ2n) is 5.91. The first-order chi connectivity index (χ1) is 11.7. The zero-order valence-corrected chi connectivity index (χ0v) is 15.1. The number of benzene rings is 1. The number of rotatable bonds is 5. The maximum Gasteiger partial charge on any atom is 0.255 e. The van der Waals surface area contributed by atoms with Crippen LogP contribution in [0, 0.1) is 5.92 Å². The lowest BCUT2D eigenvalue weighted by atomic mass is 10.1. The first-order valence-corrected chi connectivity index (χ1v) is 8.78. The van der Waals surface area contributed by atoms with Gasteiger partial charge in [0.05, 0.1) is 5.56 Å². The van der Waals surface area contributed by atoms with Gasteiger partial charge < -0.3 is 15.0 Å². The fourth-order valence-electron chi connectivity index (χ4n) is 2.87. The maximum atomic E-state index is 12.5. The van der Waals surface area contributed by atoms with Crippen molar-refractivity contribution in [2.24, 2.45) is 5.92 Å². The number of pyridine rings is 1.